The van der Waals surface area contributed by atoms with Crippen LogP contribution in [0.5, 0.6) is 0 Å². The van der Waals surface area contributed by atoms with E-state index >= 15 is 0 Å². The van der Waals surface area contributed by atoms with Crippen molar-refractivity contribution in [2.75, 3.05) is 0 Å². The van der Waals surface area contributed by atoms with Gasteiger partial charge in [-0.2, -0.15) is 0 Å². The first-order valence-corrected chi connectivity index (χ1v) is 4.32. The maximum atomic E-state index is 4.47. The van der Waals surface area contributed by atoms with Crippen molar-refractivity contribution in [2.45, 2.75) is 41.5 Å². The van der Waals surface area contributed by atoms with Gasteiger partial charge < -0.3 is 4.42 Å². The fraction of sp³-hybridized carbons (Fsp3) is 0.667. The molecule has 0 bridgehead atoms. The van der Waals surface area contributed by atoms with Crippen LogP contribution in [0.1, 0.15) is 41.5 Å². The molecule has 0 saturated heterocycles. The van der Waals surface area contributed by atoms with Crippen molar-refractivity contribution < 1.29 is 4.42 Å². The maximum Gasteiger partial charge on any atom is 0.180 e. The Bertz CT molecular complexity index is 66.0. The molecule has 0 aliphatic heterocycles. The zero-order valence-electron chi connectivity index (χ0n) is 8.59. The van der Waals surface area contributed by atoms with Crippen molar-refractivity contribution >= 4 is 0 Å². The summed E-state index contributed by atoms with van der Waals surface area (Å²) in [6, 6.07) is 0. The highest BCUT2D eigenvalue weighted by Gasteiger charge is 1.59. The molecule has 2 heteroatoms. The molecule has 2 nitrogen and oxygen atoms in total. The number of hydrogen-bond donors (Lipinski definition) is 0. The van der Waals surface area contributed by atoms with E-state index in [-0.39, 0.29) is 0 Å². The molecule has 0 amide bonds. The van der Waals surface area contributed by atoms with Crippen LogP contribution in [-0.4, -0.2) is 4.98 Å². The lowest BCUT2D eigenvalue weighted by Crippen LogP contribution is -1.38. The van der Waals surface area contributed by atoms with Gasteiger partial charge in [0, 0.05) is 0 Å². The van der Waals surface area contributed by atoms with Crippen molar-refractivity contribution in [3.05, 3.63) is 18.9 Å². The van der Waals surface area contributed by atoms with E-state index in [2.05, 4.69) is 9.40 Å². The molecular formula is C9H21NO. The summed E-state index contributed by atoms with van der Waals surface area (Å²) in [7, 11) is 0. The van der Waals surface area contributed by atoms with Crippen molar-refractivity contribution in [1.82, 2.24) is 4.98 Å². The highest BCUT2D eigenvalue weighted by Crippen LogP contribution is 1.72. The second kappa shape index (κ2) is 35.0. The van der Waals surface area contributed by atoms with Gasteiger partial charge in [-0.1, -0.05) is 41.5 Å². The molecule has 1 aromatic rings. The van der Waals surface area contributed by atoms with Gasteiger partial charge >= 0.3 is 0 Å². The van der Waals surface area contributed by atoms with E-state index < -0.39 is 0 Å². The molecule has 0 aliphatic rings. The topological polar surface area (TPSA) is 26.0 Å². The summed E-state index contributed by atoms with van der Waals surface area (Å²) in [4.78, 5) is 3.56. The molecular weight excluding hydrogens is 138 g/mol. The molecule has 0 atom stereocenters. The first-order chi connectivity index (χ1) is 5.50. The Morgan fingerprint density at radius 2 is 1.36 bits per heavy atom. The minimum absolute atomic E-state index is 1.38. The predicted octanol–water partition coefficient (Wildman–Crippen LogP) is 3.75. The van der Waals surface area contributed by atoms with E-state index in [1.807, 2.05) is 41.5 Å². The van der Waals surface area contributed by atoms with Crippen LogP contribution in [0.25, 0.3) is 0 Å². The van der Waals surface area contributed by atoms with Gasteiger partial charge in [-0.25, -0.2) is 4.98 Å². The van der Waals surface area contributed by atoms with E-state index in [4.69, 9.17) is 0 Å². The van der Waals surface area contributed by atoms with Crippen LogP contribution < -0.4 is 0 Å². The highest BCUT2D eigenvalue weighted by molar-refractivity contribution is 4.56. The standard InChI is InChI=1S/C3H3NO.3C2H6/c1-2-5-3-4-1;3*1-2/h1-3H;3*1-2H3. The summed E-state index contributed by atoms with van der Waals surface area (Å²) >= 11 is 0. The third kappa shape index (κ3) is 27.0. The van der Waals surface area contributed by atoms with Crippen LogP contribution in [0.3, 0.4) is 0 Å². The van der Waals surface area contributed by atoms with Crippen LogP contribution in [0, 0.1) is 0 Å². The third-order valence-corrected chi connectivity index (χ3v) is 0.347. The normalized spacial score (nSPS) is 5.27. The van der Waals surface area contributed by atoms with Gasteiger partial charge in [0.1, 0.15) is 6.26 Å². The third-order valence-electron chi connectivity index (χ3n) is 0.347. The monoisotopic (exact) mass is 159 g/mol. The lowest BCUT2D eigenvalue weighted by Gasteiger charge is -1.47. The summed E-state index contributed by atoms with van der Waals surface area (Å²) < 4.78 is 4.47. The zero-order chi connectivity index (χ0) is 9.54. The Hall–Kier alpha value is -0.790. The molecule has 0 N–H and O–H groups in total. The molecule has 0 saturated carbocycles. The van der Waals surface area contributed by atoms with Gasteiger partial charge in [-0.15, -0.1) is 0 Å². The zero-order valence-corrected chi connectivity index (χ0v) is 8.59. The average Bonchev–Trinajstić information content (AvgIpc) is 2.71. The molecule has 0 unspecified atom stereocenters. The summed E-state index contributed by atoms with van der Waals surface area (Å²) in [5.74, 6) is 0. The molecule has 0 fully saturated rings. The van der Waals surface area contributed by atoms with Gasteiger partial charge in [0.15, 0.2) is 6.39 Å². The van der Waals surface area contributed by atoms with Crippen LogP contribution in [0.2, 0.25) is 0 Å². The quantitative estimate of drug-likeness (QED) is 0.576. The number of nitrogens with zero attached hydrogens (tertiary/aromatic N) is 1. The number of rotatable bonds is 0. The van der Waals surface area contributed by atoms with Crippen molar-refractivity contribution in [2.24, 2.45) is 0 Å². The average molecular weight is 159 g/mol. The minimum Gasteiger partial charge on any atom is -0.452 e. The van der Waals surface area contributed by atoms with Crippen molar-refractivity contribution in [3.63, 3.8) is 0 Å². The van der Waals surface area contributed by atoms with E-state index in [0.717, 1.165) is 0 Å². The lowest BCUT2D eigenvalue weighted by molar-refractivity contribution is 0.558. The van der Waals surface area contributed by atoms with E-state index in [9.17, 15) is 0 Å². The smallest absolute Gasteiger partial charge is 0.180 e. The largest absolute Gasteiger partial charge is 0.452 e. The molecule has 0 spiro atoms. The maximum absolute atomic E-state index is 4.47. The Labute approximate surface area is 70.7 Å². The Balaban J connectivity index is -0.0000000933. The van der Waals surface area contributed by atoms with Gasteiger partial charge in [0.2, 0.25) is 0 Å². The SMILES string of the molecule is CC.CC.CC.c1cocn1. The molecule has 1 aromatic heterocycles. The number of oxazole rings is 1. The van der Waals surface area contributed by atoms with Gasteiger partial charge in [-0.3, -0.25) is 0 Å². The number of aromatic nitrogens is 1. The number of hydrogen-bond acceptors (Lipinski definition) is 2. The Morgan fingerprint density at radius 1 is 0.909 bits per heavy atom. The Kier molecular flexibility index (Phi) is 53.0. The van der Waals surface area contributed by atoms with Crippen molar-refractivity contribution in [3.8, 4) is 0 Å². The molecule has 0 aliphatic carbocycles. The highest BCUT2D eigenvalue weighted by atomic mass is 16.3. The molecule has 0 aromatic carbocycles. The molecule has 11 heavy (non-hydrogen) atoms. The summed E-state index contributed by atoms with van der Waals surface area (Å²) in [5.41, 5.74) is 0. The van der Waals surface area contributed by atoms with Gasteiger partial charge in [0.25, 0.3) is 0 Å². The van der Waals surface area contributed by atoms with E-state index in [1.54, 1.807) is 6.20 Å². The second-order valence-electron chi connectivity index (χ2n) is 0.676. The first kappa shape index (κ1) is 16.7. The summed E-state index contributed by atoms with van der Waals surface area (Å²) in [6.07, 6.45) is 4.47. The molecule has 0 radical (unpaired) electrons. The van der Waals surface area contributed by atoms with Crippen LogP contribution in [-0.2, 0) is 0 Å². The molecule has 68 valence electrons. The fourth-order valence-electron chi connectivity index (χ4n) is 0.176. The Morgan fingerprint density at radius 3 is 1.45 bits per heavy atom. The van der Waals surface area contributed by atoms with Gasteiger partial charge in [-0.05, 0) is 0 Å². The second-order valence-corrected chi connectivity index (χ2v) is 0.676. The van der Waals surface area contributed by atoms with Gasteiger partial charge in [0.05, 0.1) is 6.20 Å². The molecule has 1 heterocycles. The van der Waals surface area contributed by atoms with E-state index in [0.29, 0.717) is 0 Å². The predicted molar refractivity (Wildman–Crippen MR) is 50.5 cm³/mol. The summed E-state index contributed by atoms with van der Waals surface area (Å²) in [5, 5.41) is 0. The van der Waals surface area contributed by atoms with Crippen LogP contribution >= 0.6 is 0 Å². The van der Waals surface area contributed by atoms with Crippen LogP contribution in [0.4, 0.5) is 0 Å². The van der Waals surface area contributed by atoms with Crippen molar-refractivity contribution in [1.29, 1.82) is 0 Å². The van der Waals surface area contributed by atoms with Crippen LogP contribution in [0.15, 0.2) is 23.3 Å². The first-order valence-electron chi connectivity index (χ1n) is 4.32. The summed E-state index contributed by atoms with van der Waals surface area (Å²) in [6.45, 7) is 12.0. The molecule has 1 rings (SSSR count). The fourth-order valence-corrected chi connectivity index (χ4v) is 0.176. The minimum atomic E-state index is 1.38. The van der Waals surface area contributed by atoms with E-state index in [1.165, 1.54) is 12.7 Å². The lowest BCUT2D eigenvalue weighted by atomic mass is 11.0.